The fraction of sp³-hybridized carbons (Fsp3) is 0.581. The summed E-state index contributed by atoms with van der Waals surface area (Å²) in [7, 11) is 1.76. The number of ether oxygens (including phenoxy) is 1. The first kappa shape index (κ1) is 31.1. The van der Waals surface area contributed by atoms with E-state index in [1.54, 1.807) is 25.3 Å². The van der Waals surface area contributed by atoms with E-state index < -0.39 is 17.6 Å². The lowest BCUT2D eigenvalue weighted by Gasteiger charge is -2.38. The molecule has 6 nitrogen and oxygen atoms in total. The summed E-state index contributed by atoms with van der Waals surface area (Å²) in [5.41, 5.74) is -0.509. The molecule has 1 atom stereocenters. The van der Waals surface area contributed by atoms with Crippen LogP contribution in [0.3, 0.4) is 0 Å². The molecular formula is C31H41F4N3O3. The number of rotatable bonds is 11. The van der Waals surface area contributed by atoms with Crippen LogP contribution >= 0.6 is 0 Å². The zero-order chi connectivity index (χ0) is 29.4. The molecule has 1 saturated heterocycles. The predicted molar refractivity (Wildman–Crippen MR) is 151 cm³/mol. The van der Waals surface area contributed by atoms with Gasteiger partial charge in [0, 0.05) is 45.5 Å². The van der Waals surface area contributed by atoms with Crippen LogP contribution in [0.25, 0.3) is 0 Å². The zero-order valence-corrected chi connectivity index (χ0v) is 23.6. The minimum atomic E-state index is -4.70. The Balaban J connectivity index is 1.12. The Labute approximate surface area is 239 Å². The number of alkyl halides is 3. The molecule has 1 saturated carbocycles. The lowest BCUT2D eigenvalue weighted by atomic mass is 9.77. The van der Waals surface area contributed by atoms with E-state index in [9.17, 15) is 27.5 Å². The average Bonchev–Trinajstić information content (AvgIpc) is 2.96. The fourth-order valence-electron chi connectivity index (χ4n) is 6.18. The zero-order valence-electron chi connectivity index (χ0n) is 23.6. The van der Waals surface area contributed by atoms with Gasteiger partial charge in [0.2, 0.25) is 0 Å². The maximum atomic E-state index is 13.6. The summed E-state index contributed by atoms with van der Waals surface area (Å²) in [5.74, 6) is -0.366. The normalized spacial score (nSPS) is 21.0. The molecule has 0 aromatic heterocycles. The number of methoxy groups -OCH3 is 1. The highest BCUT2D eigenvalue weighted by Gasteiger charge is 2.35. The molecule has 226 valence electrons. The van der Waals surface area contributed by atoms with Crippen LogP contribution in [0, 0.1) is 17.7 Å². The summed E-state index contributed by atoms with van der Waals surface area (Å²) in [6, 6.07) is 9.77. The van der Waals surface area contributed by atoms with Gasteiger partial charge in [0.25, 0.3) is 5.91 Å². The monoisotopic (exact) mass is 579 g/mol. The largest absolute Gasteiger partial charge is 0.507 e. The van der Waals surface area contributed by atoms with E-state index >= 15 is 0 Å². The van der Waals surface area contributed by atoms with Crippen molar-refractivity contribution < 1.29 is 32.2 Å². The van der Waals surface area contributed by atoms with E-state index in [0.717, 1.165) is 76.7 Å². The molecule has 1 unspecified atom stereocenters. The summed E-state index contributed by atoms with van der Waals surface area (Å²) in [6.07, 6.45) is 2.80. The van der Waals surface area contributed by atoms with E-state index in [4.69, 9.17) is 4.74 Å². The highest BCUT2D eigenvalue weighted by atomic mass is 19.4. The third-order valence-corrected chi connectivity index (χ3v) is 8.67. The van der Waals surface area contributed by atoms with E-state index in [1.165, 1.54) is 12.1 Å². The second-order valence-electron chi connectivity index (χ2n) is 11.2. The summed E-state index contributed by atoms with van der Waals surface area (Å²) >= 11 is 0. The molecule has 1 amide bonds. The summed E-state index contributed by atoms with van der Waals surface area (Å²) in [5, 5.41) is 12.7. The SMILES string of the molecule is COC(CCCNC(=O)c1ccccc1O)C1CCC(CCN2CCN(c3ccc(F)c(C(F)(F)F)c3)CC2)CC1. The number of anilines is 1. The van der Waals surface area contributed by atoms with Crippen LogP contribution in [0.15, 0.2) is 42.5 Å². The minimum absolute atomic E-state index is 0.0215. The lowest BCUT2D eigenvalue weighted by molar-refractivity contribution is -0.139. The Bertz CT molecular complexity index is 1130. The van der Waals surface area contributed by atoms with Gasteiger partial charge in [0.1, 0.15) is 11.6 Å². The first-order valence-corrected chi connectivity index (χ1v) is 14.6. The van der Waals surface area contributed by atoms with Gasteiger partial charge < -0.3 is 20.1 Å². The summed E-state index contributed by atoms with van der Waals surface area (Å²) in [4.78, 5) is 16.5. The van der Waals surface area contributed by atoms with E-state index in [1.807, 2.05) is 4.90 Å². The number of para-hydroxylation sites is 1. The molecule has 2 N–H and O–H groups in total. The molecule has 0 spiro atoms. The number of carbonyl (C=O) groups is 1. The van der Waals surface area contributed by atoms with Crippen LogP contribution in [0.2, 0.25) is 0 Å². The smallest absolute Gasteiger partial charge is 0.419 e. The number of hydrogen-bond acceptors (Lipinski definition) is 5. The maximum absolute atomic E-state index is 13.6. The Morgan fingerprint density at radius 2 is 1.78 bits per heavy atom. The van der Waals surface area contributed by atoms with Gasteiger partial charge in [-0.3, -0.25) is 9.69 Å². The number of nitrogens with one attached hydrogen (secondary N) is 1. The molecule has 41 heavy (non-hydrogen) atoms. The molecule has 1 aliphatic carbocycles. The molecule has 1 aliphatic heterocycles. The highest BCUT2D eigenvalue weighted by molar-refractivity contribution is 5.96. The number of nitrogens with zero attached hydrogens (tertiary/aromatic N) is 2. The standard InChI is InChI=1S/C31H41F4N3O3/c1-41-29(7-4-15-36-30(40)25-5-2-3-6-28(25)39)23-10-8-22(9-11-23)14-16-37-17-19-38(20-18-37)24-12-13-27(32)26(21-24)31(33,34)35/h2-3,5-6,12-13,21-23,29,39H,4,7-11,14-20H2,1H3,(H,36,40). The molecule has 2 aromatic carbocycles. The van der Waals surface area contributed by atoms with Crippen molar-refractivity contribution in [1.29, 1.82) is 0 Å². The van der Waals surface area contributed by atoms with Crippen LogP contribution in [0.5, 0.6) is 5.75 Å². The number of phenolic OH excluding ortho intramolecular Hbond substituents is 1. The van der Waals surface area contributed by atoms with Crippen molar-refractivity contribution in [2.75, 3.05) is 51.3 Å². The first-order valence-electron chi connectivity index (χ1n) is 14.6. The molecule has 1 heterocycles. The highest BCUT2D eigenvalue weighted by Crippen LogP contribution is 2.36. The summed E-state index contributed by atoms with van der Waals surface area (Å²) < 4.78 is 58.7. The van der Waals surface area contributed by atoms with Gasteiger partial charge in [-0.25, -0.2) is 4.39 Å². The van der Waals surface area contributed by atoms with E-state index in [2.05, 4.69) is 10.2 Å². The Morgan fingerprint density at radius 1 is 1.07 bits per heavy atom. The van der Waals surface area contributed by atoms with Gasteiger partial charge in [-0.1, -0.05) is 25.0 Å². The van der Waals surface area contributed by atoms with Gasteiger partial charge in [-0.2, -0.15) is 13.2 Å². The second-order valence-corrected chi connectivity index (χ2v) is 11.2. The number of halogens is 4. The number of phenols is 1. The molecule has 2 fully saturated rings. The molecule has 2 aromatic rings. The number of amides is 1. The van der Waals surface area contributed by atoms with Crippen molar-refractivity contribution in [1.82, 2.24) is 10.2 Å². The Hall–Kier alpha value is -2.85. The number of aromatic hydroxyl groups is 1. The summed E-state index contributed by atoms with van der Waals surface area (Å²) in [6.45, 7) is 4.31. The molecule has 0 bridgehead atoms. The van der Waals surface area contributed by atoms with Gasteiger partial charge in [-0.05, 0) is 80.8 Å². The Kier molecular flexibility index (Phi) is 10.9. The number of carbonyl (C=O) groups excluding carboxylic acids is 1. The number of hydrogen-bond donors (Lipinski definition) is 2. The van der Waals surface area contributed by atoms with Crippen LogP contribution in [0.1, 0.15) is 60.9 Å². The quantitative estimate of drug-likeness (QED) is 0.249. The predicted octanol–water partition coefficient (Wildman–Crippen LogP) is 6.09. The van der Waals surface area contributed by atoms with Crippen molar-refractivity contribution in [3.8, 4) is 5.75 Å². The van der Waals surface area contributed by atoms with Crippen molar-refractivity contribution in [3.63, 3.8) is 0 Å². The molecule has 4 rings (SSSR count). The van der Waals surface area contributed by atoms with Crippen molar-refractivity contribution in [2.24, 2.45) is 11.8 Å². The van der Waals surface area contributed by atoms with Gasteiger partial charge in [-0.15, -0.1) is 0 Å². The first-order chi connectivity index (χ1) is 19.7. The Morgan fingerprint density at radius 3 is 2.44 bits per heavy atom. The van der Waals surface area contributed by atoms with E-state index in [-0.39, 0.29) is 23.3 Å². The van der Waals surface area contributed by atoms with Crippen LogP contribution in [-0.2, 0) is 10.9 Å². The maximum Gasteiger partial charge on any atom is 0.419 e. The minimum Gasteiger partial charge on any atom is -0.507 e. The lowest BCUT2D eigenvalue weighted by Crippen LogP contribution is -2.47. The third kappa shape index (κ3) is 8.58. The molecule has 2 aliphatic rings. The van der Waals surface area contributed by atoms with Crippen molar-refractivity contribution in [3.05, 3.63) is 59.4 Å². The van der Waals surface area contributed by atoms with Crippen LogP contribution in [0.4, 0.5) is 23.2 Å². The second kappa shape index (κ2) is 14.4. The molecule has 0 radical (unpaired) electrons. The third-order valence-electron chi connectivity index (χ3n) is 8.67. The van der Waals surface area contributed by atoms with Crippen molar-refractivity contribution in [2.45, 2.75) is 57.2 Å². The van der Waals surface area contributed by atoms with Gasteiger partial charge >= 0.3 is 6.18 Å². The molecule has 10 heteroatoms. The van der Waals surface area contributed by atoms with Crippen molar-refractivity contribution >= 4 is 11.6 Å². The van der Waals surface area contributed by atoms with E-state index in [0.29, 0.717) is 37.2 Å². The van der Waals surface area contributed by atoms with Crippen LogP contribution < -0.4 is 10.2 Å². The number of piperazine rings is 1. The van der Waals surface area contributed by atoms with Gasteiger partial charge in [0.15, 0.2) is 0 Å². The van der Waals surface area contributed by atoms with Crippen LogP contribution in [-0.4, -0.2) is 68.4 Å². The average molecular weight is 580 g/mol. The molecular weight excluding hydrogens is 538 g/mol. The topological polar surface area (TPSA) is 65.0 Å². The van der Waals surface area contributed by atoms with Gasteiger partial charge in [0.05, 0.1) is 17.2 Å². The fourth-order valence-corrected chi connectivity index (χ4v) is 6.18. The number of benzene rings is 2.